The molecule has 0 radical (unpaired) electrons. The van der Waals surface area contributed by atoms with Crippen molar-refractivity contribution in [3.05, 3.63) is 0 Å². The molecule has 3 N–H and O–H groups in total. The van der Waals surface area contributed by atoms with Crippen molar-refractivity contribution in [3.8, 4) is 0 Å². The molecule has 1 aliphatic rings. The molecular weight excluding hydrogens is 265 g/mol. The molecule has 1 aliphatic heterocycles. The molecule has 0 unspecified atom stereocenters. The highest BCUT2D eigenvalue weighted by Gasteiger charge is 2.27. The van der Waals surface area contributed by atoms with Crippen LogP contribution in [0.2, 0.25) is 0 Å². The van der Waals surface area contributed by atoms with Gasteiger partial charge < -0.3 is 20.7 Å². The monoisotopic (exact) mass is 278 g/mol. The lowest BCUT2D eigenvalue weighted by Crippen LogP contribution is -2.37. The minimum atomic E-state index is -4.35. The van der Waals surface area contributed by atoms with Crippen molar-refractivity contribution in [2.75, 3.05) is 48.8 Å². The summed E-state index contributed by atoms with van der Waals surface area (Å²) in [5.74, 6) is -0.0621. The van der Waals surface area contributed by atoms with Gasteiger partial charge in [0.1, 0.15) is 6.54 Å². The number of aromatic nitrogens is 3. The number of halogens is 3. The topological polar surface area (TPSA) is 89.2 Å². The van der Waals surface area contributed by atoms with E-state index in [0.29, 0.717) is 26.3 Å². The standard InChI is InChI=1S/C9H13F3N6O/c10-9(11,12)5-14-7-15-6(13)16-8(17-7)18-1-3-19-4-2-18/h1-5H2,(H3,13,14,15,16,17). The minimum absolute atomic E-state index is 0.124. The average molecular weight is 278 g/mol. The Morgan fingerprint density at radius 1 is 1.21 bits per heavy atom. The van der Waals surface area contributed by atoms with Crippen LogP contribution in [0.4, 0.5) is 31.0 Å². The molecule has 0 spiro atoms. The molecule has 0 atom stereocenters. The van der Waals surface area contributed by atoms with Crippen molar-refractivity contribution < 1.29 is 17.9 Å². The van der Waals surface area contributed by atoms with Crippen molar-refractivity contribution in [2.45, 2.75) is 6.18 Å². The predicted octanol–water partition coefficient (Wildman–Crippen LogP) is 0.265. The van der Waals surface area contributed by atoms with Gasteiger partial charge in [0, 0.05) is 13.1 Å². The maximum atomic E-state index is 12.1. The van der Waals surface area contributed by atoms with Crippen LogP contribution in [0.15, 0.2) is 0 Å². The van der Waals surface area contributed by atoms with Crippen LogP contribution < -0.4 is 16.0 Å². The predicted molar refractivity (Wildman–Crippen MR) is 61.8 cm³/mol. The third-order valence-electron chi connectivity index (χ3n) is 2.38. The van der Waals surface area contributed by atoms with E-state index in [1.807, 2.05) is 0 Å². The largest absolute Gasteiger partial charge is 0.405 e. The van der Waals surface area contributed by atoms with Crippen LogP contribution in [0.25, 0.3) is 0 Å². The number of nitrogens with two attached hydrogens (primary N) is 1. The Balaban J connectivity index is 2.10. The van der Waals surface area contributed by atoms with Crippen molar-refractivity contribution in [3.63, 3.8) is 0 Å². The van der Waals surface area contributed by atoms with Crippen molar-refractivity contribution in [2.24, 2.45) is 0 Å². The Morgan fingerprint density at radius 3 is 2.53 bits per heavy atom. The maximum absolute atomic E-state index is 12.1. The summed E-state index contributed by atoms with van der Waals surface area (Å²) in [4.78, 5) is 13.2. The summed E-state index contributed by atoms with van der Waals surface area (Å²) < 4.78 is 41.5. The molecule has 0 saturated carbocycles. The van der Waals surface area contributed by atoms with Crippen LogP contribution in [0.3, 0.4) is 0 Å². The van der Waals surface area contributed by atoms with Crippen molar-refractivity contribution in [1.29, 1.82) is 0 Å². The highest BCUT2D eigenvalue weighted by molar-refractivity contribution is 5.42. The van der Waals surface area contributed by atoms with E-state index in [1.54, 1.807) is 4.90 Å². The van der Waals surface area contributed by atoms with Gasteiger partial charge >= 0.3 is 6.18 Å². The number of alkyl halides is 3. The Labute approximate surface area is 107 Å². The number of nitrogen functional groups attached to an aromatic ring is 1. The molecular formula is C9H13F3N6O. The van der Waals surface area contributed by atoms with Gasteiger partial charge in [0.2, 0.25) is 17.8 Å². The van der Waals surface area contributed by atoms with Gasteiger partial charge in [-0.05, 0) is 0 Å². The first-order valence-corrected chi connectivity index (χ1v) is 5.59. The molecule has 0 amide bonds. The van der Waals surface area contributed by atoms with Crippen LogP contribution in [0.1, 0.15) is 0 Å². The fraction of sp³-hybridized carbons (Fsp3) is 0.667. The maximum Gasteiger partial charge on any atom is 0.405 e. The average Bonchev–Trinajstić information content (AvgIpc) is 2.36. The molecule has 1 fully saturated rings. The lowest BCUT2D eigenvalue weighted by molar-refractivity contribution is -0.115. The molecule has 106 valence electrons. The first kappa shape index (κ1) is 13.6. The number of anilines is 3. The smallest absolute Gasteiger partial charge is 0.378 e. The normalized spacial score (nSPS) is 16.5. The van der Waals surface area contributed by atoms with Gasteiger partial charge in [-0.2, -0.15) is 28.1 Å². The third-order valence-corrected chi connectivity index (χ3v) is 2.38. The van der Waals surface area contributed by atoms with E-state index in [4.69, 9.17) is 10.5 Å². The van der Waals surface area contributed by atoms with Gasteiger partial charge in [-0.25, -0.2) is 0 Å². The number of rotatable bonds is 3. The van der Waals surface area contributed by atoms with E-state index < -0.39 is 12.7 Å². The molecule has 7 nitrogen and oxygen atoms in total. The van der Waals surface area contributed by atoms with E-state index in [-0.39, 0.29) is 17.8 Å². The van der Waals surface area contributed by atoms with Crippen molar-refractivity contribution >= 4 is 17.8 Å². The van der Waals surface area contributed by atoms with Crippen LogP contribution in [0, 0.1) is 0 Å². The number of nitrogens with one attached hydrogen (secondary N) is 1. The Bertz CT molecular complexity index is 434. The van der Waals surface area contributed by atoms with Crippen LogP contribution >= 0.6 is 0 Å². The van der Waals surface area contributed by atoms with Crippen LogP contribution in [-0.4, -0.2) is 54.0 Å². The molecule has 19 heavy (non-hydrogen) atoms. The molecule has 0 aliphatic carbocycles. The van der Waals surface area contributed by atoms with E-state index in [9.17, 15) is 13.2 Å². The molecule has 10 heteroatoms. The summed E-state index contributed by atoms with van der Waals surface area (Å²) in [6.45, 7) is 0.914. The fourth-order valence-corrected chi connectivity index (χ4v) is 1.54. The fourth-order valence-electron chi connectivity index (χ4n) is 1.54. The van der Waals surface area contributed by atoms with E-state index in [2.05, 4.69) is 20.3 Å². The molecule has 2 heterocycles. The molecule has 1 aromatic rings. The summed E-state index contributed by atoms with van der Waals surface area (Å²) in [6.07, 6.45) is -4.35. The molecule has 2 rings (SSSR count). The molecule has 0 aromatic carbocycles. The number of hydrogen-bond acceptors (Lipinski definition) is 7. The SMILES string of the molecule is Nc1nc(NCC(F)(F)F)nc(N2CCOCC2)n1. The molecule has 1 aromatic heterocycles. The first-order chi connectivity index (χ1) is 8.94. The van der Waals surface area contributed by atoms with Gasteiger partial charge in [-0.15, -0.1) is 0 Å². The van der Waals surface area contributed by atoms with E-state index >= 15 is 0 Å². The third kappa shape index (κ3) is 4.09. The lowest BCUT2D eigenvalue weighted by atomic mass is 10.4. The Morgan fingerprint density at radius 2 is 1.89 bits per heavy atom. The summed E-state index contributed by atoms with van der Waals surface area (Å²) in [5, 5.41) is 2.08. The quantitative estimate of drug-likeness (QED) is 0.820. The Hall–Kier alpha value is -1.84. The summed E-state index contributed by atoms with van der Waals surface area (Å²) in [6, 6.07) is 0. The Kier molecular flexibility index (Phi) is 3.88. The number of hydrogen-bond donors (Lipinski definition) is 2. The van der Waals surface area contributed by atoms with Crippen LogP contribution in [0.5, 0.6) is 0 Å². The van der Waals surface area contributed by atoms with Gasteiger partial charge in [0.25, 0.3) is 0 Å². The first-order valence-electron chi connectivity index (χ1n) is 5.59. The summed E-state index contributed by atoms with van der Waals surface area (Å²) in [7, 11) is 0. The van der Waals surface area contributed by atoms with Gasteiger partial charge in [0.05, 0.1) is 13.2 Å². The number of nitrogens with zero attached hydrogens (tertiary/aromatic N) is 4. The second-order valence-electron chi connectivity index (χ2n) is 3.89. The molecule has 1 saturated heterocycles. The minimum Gasteiger partial charge on any atom is -0.378 e. The lowest BCUT2D eigenvalue weighted by Gasteiger charge is -2.26. The van der Waals surface area contributed by atoms with Gasteiger partial charge in [-0.1, -0.05) is 0 Å². The van der Waals surface area contributed by atoms with E-state index in [1.165, 1.54) is 0 Å². The van der Waals surface area contributed by atoms with Gasteiger partial charge in [0.15, 0.2) is 0 Å². The van der Waals surface area contributed by atoms with Crippen LogP contribution in [-0.2, 0) is 4.74 Å². The zero-order chi connectivity index (χ0) is 13.9. The second-order valence-corrected chi connectivity index (χ2v) is 3.89. The molecule has 0 bridgehead atoms. The highest BCUT2D eigenvalue weighted by Crippen LogP contribution is 2.17. The van der Waals surface area contributed by atoms with Gasteiger partial charge in [-0.3, -0.25) is 0 Å². The van der Waals surface area contributed by atoms with Crippen molar-refractivity contribution in [1.82, 2.24) is 15.0 Å². The highest BCUT2D eigenvalue weighted by atomic mass is 19.4. The second kappa shape index (κ2) is 5.43. The number of morpholine rings is 1. The summed E-state index contributed by atoms with van der Waals surface area (Å²) >= 11 is 0. The zero-order valence-electron chi connectivity index (χ0n) is 9.94. The summed E-state index contributed by atoms with van der Waals surface area (Å²) in [5.41, 5.74) is 5.46. The number of ether oxygens (including phenoxy) is 1. The van der Waals surface area contributed by atoms with E-state index in [0.717, 1.165) is 0 Å². The zero-order valence-corrected chi connectivity index (χ0v) is 9.94.